The van der Waals surface area contributed by atoms with Gasteiger partial charge in [0.15, 0.2) is 0 Å². The lowest BCUT2D eigenvalue weighted by Crippen LogP contribution is -2.44. The van der Waals surface area contributed by atoms with E-state index in [1.165, 1.54) is 11.1 Å². The molecule has 0 bridgehead atoms. The number of hydrogen-bond acceptors (Lipinski definition) is 2. The zero-order chi connectivity index (χ0) is 15.2. The third kappa shape index (κ3) is 4.48. The number of nitrogens with zero attached hydrogens (tertiary/aromatic N) is 1. The fourth-order valence-corrected chi connectivity index (χ4v) is 2.69. The standard InChI is InChI=1S/C16H22N2O3/c1-12-4-6-13(7-5-12)11-14-3-2-10-18(14)16(21)17-9-8-15(19)20/h4-7,14H,2-3,8-11H2,1H3,(H,17,21)(H,19,20). The van der Waals surface area contributed by atoms with Gasteiger partial charge in [0.25, 0.3) is 0 Å². The van der Waals surface area contributed by atoms with Crippen LogP contribution in [0.15, 0.2) is 24.3 Å². The lowest BCUT2D eigenvalue weighted by molar-refractivity contribution is -0.136. The number of amides is 2. The minimum atomic E-state index is -0.895. The van der Waals surface area contributed by atoms with Gasteiger partial charge in [0.2, 0.25) is 0 Å². The van der Waals surface area contributed by atoms with Crippen LogP contribution in [0.4, 0.5) is 4.79 Å². The molecule has 0 spiro atoms. The zero-order valence-corrected chi connectivity index (χ0v) is 12.3. The van der Waals surface area contributed by atoms with E-state index < -0.39 is 5.97 Å². The molecule has 2 N–H and O–H groups in total. The first-order valence-electron chi connectivity index (χ1n) is 7.38. The molecule has 0 aromatic heterocycles. The topological polar surface area (TPSA) is 69.6 Å². The van der Waals surface area contributed by atoms with E-state index in [1.807, 2.05) is 4.90 Å². The second-order valence-electron chi connectivity index (χ2n) is 5.55. The number of carboxylic acid groups (broad SMARTS) is 1. The van der Waals surface area contributed by atoms with Crippen molar-refractivity contribution < 1.29 is 14.7 Å². The highest BCUT2D eigenvalue weighted by molar-refractivity contribution is 5.75. The normalized spacial score (nSPS) is 17.8. The van der Waals surface area contributed by atoms with E-state index in [9.17, 15) is 9.59 Å². The Morgan fingerprint density at radius 2 is 2.05 bits per heavy atom. The van der Waals surface area contributed by atoms with Crippen LogP contribution in [0.25, 0.3) is 0 Å². The van der Waals surface area contributed by atoms with Gasteiger partial charge in [-0.25, -0.2) is 4.79 Å². The van der Waals surface area contributed by atoms with E-state index in [1.54, 1.807) is 0 Å². The molecule has 114 valence electrons. The SMILES string of the molecule is Cc1ccc(CC2CCCN2C(=O)NCCC(=O)O)cc1. The fourth-order valence-electron chi connectivity index (χ4n) is 2.69. The van der Waals surface area contributed by atoms with Crippen molar-refractivity contribution >= 4 is 12.0 Å². The summed E-state index contributed by atoms with van der Waals surface area (Å²) < 4.78 is 0. The Kier molecular flexibility index (Phi) is 5.20. The van der Waals surface area contributed by atoms with Crippen LogP contribution >= 0.6 is 0 Å². The lowest BCUT2D eigenvalue weighted by atomic mass is 10.0. The van der Waals surface area contributed by atoms with Crippen LogP contribution in [0.5, 0.6) is 0 Å². The summed E-state index contributed by atoms with van der Waals surface area (Å²) in [5, 5.41) is 11.3. The molecule has 21 heavy (non-hydrogen) atoms. The average molecular weight is 290 g/mol. The Bertz CT molecular complexity index is 499. The number of nitrogens with one attached hydrogen (secondary N) is 1. The van der Waals surface area contributed by atoms with Crippen LogP contribution in [-0.4, -0.2) is 41.1 Å². The first-order chi connectivity index (χ1) is 10.1. The second kappa shape index (κ2) is 7.11. The van der Waals surface area contributed by atoms with Crippen molar-refractivity contribution in [3.05, 3.63) is 35.4 Å². The molecule has 1 aromatic rings. The number of likely N-dealkylation sites (tertiary alicyclic amines) is 1. The van der Waals surface area contributed by atoms with Crippen LogP contribution in [0.3, 0.4) is 0 Å². The zero-order valence-electron chi connectivity index (χ0n) is 12.3. The first kappa shape index (κ1) is 15.4. The van der Waals surface area contributed by atoms with Crippen molar-refractivity contribution in [3.63, 3.8) is 0 Å². The Hall–Kier alpha value is -2.04. The smallest absolute Gasteiger partial charge is 0.317 e. The monoisotopic (exact) mass is 290 g/mol. The fraction of sp³-hybridized carbons (Fsp3) is 0.500. The number of aryl methyl sites for hydroxylation is 1. The van der Waals surface area contributed by atoms with Crippen LogP contribution in [-0.2, 0) is 11.2 Å². The van der Waals surface area contributed by atoms with E-state index in [0.29, 0.717) is 0 Å². The molecule has 5 nitrogen and oxygen atoms in total. The van der Waals surface area contributed by atoms with Crippen molar-refractivity contribution in [1.82, 2.24) is 10.2 Å². The number of hydrogen-bond donors (Lipinski definition) is 2. The van der Waals surface area contributed by atoms with E-state index >= 15 is 0 Å². The van der Waals surface area contributed by atoms with Gasteiger partial charge in [-0.05, 0) is 31.7 Å². The molecule has 1 aliphatic heterocycles. The van der Waals surface area contributed by atoms with Gasteiger partial charge in [-0.3, -0.25) is 4.79 Å². The molecular formula is C16H22N2O3. The Morgan fingerprint density at radius 1 is 1.33 bits per heavy atom. The number of carbonyl (C=O) groups is 2. The van der Waals surface area contributed by atoms with Crippen molar-refractivity contribution in [3.8, 4) is 0 Å². The minimum Gasteiger partial charge on any atom is -0.481 e. The summed E-state index contributed by atoms with van der Waals surface area (Å²) in [6.07, 6.45) is 2.82. The summed E-state index contributed by atoms with van der Waals surface area (Å²) >= 11 is 0. The molecule has 0 saturated carbocycles. The summed E-state index contributed by atoms with van der Waals surface area (Å²) in [5.41, 5.74) is 2.46. The highest BCUT2D eigenvalue weighted by Crippen LogP contribution is 2.21. The van der Waals surface area contributed by atoms with Gasteiger partial charge < -0.3 is 15.3 Å². The second-order valence-corrected chi connectivity index (χ2v) is 5.55. The molecular weight excluding hydrogens is 268 g/mol. The summed E-state index contributed by atoms with van der Waals surface area (Å²) in [6.45, 7) is 2.99. The molecule has 5 heteroatoms. The maximum absolute atomic E-state index is 12.1. The number of carboxylic acids is 1. The average Bonchev–Trinajstić information content (AvgIpc) is 2.89. The van der Waals surface area contributed by atoms with Crippen LogP contribution < -0.4 is 5.32 Å². The maximum Gasteiger partial charge on any atom is 0.317 e. The first-order valence-corrected chi connectivity index (χ1v) is 7.38. The molecule has 1 saturated heterocycles. The summed E-state index contributed by atoms with van der Waals surface area (Å²) in [4.78, 5) is 24.4. The molecule has 2 amide bonds. The van der Waals surface area contributed by atoms with Gasteiger partial charge in [0.1, 0.15) is 0 Å². The van der Waals surface area contributed by atoms with Crippen molar-refractivity contribution in [1.29, 1.82) is 0 Å². The van der Waals surface area contributed by atoms with Crippen molar-refractivity contribution in [2.24, 2.45) is 0 Å². The van der Waals surface area contributed by atoms with Gasteiger partial charge in [-0.1, -0.05) is 29.8 Å². The summed E-state index contributed by atoms with van der Waals surface area (Å²) in [6, 6.07) is 8.44. The third-order valence-corrected chi connectivity index (χ3v) is 3.85. The summed E-state index contributed by atoms with van der Waals surface area (Å²) in [5.74, 6) is -0.895. The third-order valence-electron chi connectivity index (χ3n) is 3.85. The van der Waals surface area contributed by atoms with Crippen LogP contribution in [0.1, 0.15) is 30.4 Å². The minimum absolute atomic E-state index is 0.0395. The lowest BCUT2D eigenvalue weighted by Gasteiger charge is -2.25. The van der Waals surface area contributed by atoms with E-state index in [0.717, 1.165) is 25.8 Å². The summed E-state index contributed by atoms with van der Waals surface area (Å²) in [7, 11) is 0. The Balaban J connectivity index is 1.88. The van der Waals surface area contributed by atoms with Gasteiger partial charge in [-0.15, -0.1) is 0 Å². The van der Waals surface area contributed by atoms with Crippen molar-refractivity contribution in [2.75, 3.05) is 13.1 Å². The number of carbonyl (C=O) groups excluding carboxylic acids is 1. The van der Waals surface area contributed by atoms with E-state index in [4.69, 9.17) is 5.11 Å². The van der Waals surface area contributed by atoms with Gasteiger partial charge in [0.05, 0.1) is 6.42 Å². The molecule has 2 rings (SSSR count). The van der Waals surface area contributed by atoms with E-state index in [-0.39, 0.29) is 25.0 Å². The molecule has 1 heterocycles. The molecule has 0 radical (unpaired) electrons. The highest BCUT2D eigenvalue weighted by Gasteiger charge is 2.28. The molecule has 1 aliphatic rings. The molecule has 1 unspecified atom stereocenters. The van der Waals surface area contributed by atoms with Gasteiger partial charge in [-0.2, -0.15) is 0 Å². The number of rotatable bonds is 5. The highest BCUT2D eigenvalue weighted by atomic mass is 16.4. The maximum atomic E-state index is 12.1. The largest absolute Gasteiger partial charge is 0.481 e. The predicted octanol–water partition coefficient (Wildman–Crippen LogP) is 2.19. The Labute approximate surface area is 125 Å². The van der Waals surface area contributed by atoms with Gasteiger partial charge in [0, 0.05) is 19.1 Å². The van der Waals surface area contributed by atoms with Crippen LogP contribution in [0, 0.1) is 6.92 Å². The molecule has 0 aliphatic carbocycles. The van der Waals surface area contributed by atoms with Crippen molar-refractivity contribution in [2.45, 2.75) is 38.6 Å². The predicted molar refractivity (Wildman–Crippen MR) is 80.3 cm³/mol. The molecule has 1 atom stereocenters. The number of benzene rings is 1. The number of aliphatic carboxylic acids is 1. The van der Waals surface area contributed by atoms with Gasteiger partial charge >= 0.3 is 12.0 Å². The van der Waals surface area contributed by atoms with E-state index in [2.05, 4.69) is 36.5 Å². The quantitative estimate of drug-likeness (QED) is 0.873. The number of urea groups is 1. The molecule has 1 aromatic carbocycles. The molecule has 1 fully saturated rings. The van der Waals surface area contributed by atoms with Crippen LogP contribution in [0.2, 0.25) is 0 Å². The Morgan fingerprint density at radius 3 is 2.71 bits per heavy atom.